The van der Waals surface area contributed by atoms with Crippen molar-refractivity contribution < 1.29 is 19.1 Å². The van der Waals surface area contributed by atoms with Gasteiger partial charge >= 0.3 is 0 Å². The smallest absolute Gasteiger partial charge is 0.246 e. The SMILES string of the molecule is C[C@@H]1[C@H](C)CCC[C@@H]1NC(=O)[C@@H]1N(CCc2ccc(Cl)cc2)C(=O)[C@@H]2[C@H](C(=O)Nc3ccc(Cl)cc3)[C@@H]3C=C[C@]21O3. The third-order valence-electron chi connectivity index (χ3n) is 9.63. The van der Waals surface area contributed by atoms with Gasteiger partial charge in [0, 0.05) is 28.3 Å². The summed E-state index contributed by atoms with van der Waals surface area (Å²) in [6, 6.07) is 13.5. The molecule has 0 radical (unpaired) electrons. The van der Waals surface area contributed by atoms with Crippen molar-refractivity contribution in [1.29, 1.82) is 0 Å². The molecule has 2 N–H and O–H groups in total. The Kier molecular flexibility index (Phi) is 7.64. The number of benzene rings is 2. The molecule has 2 aromatic carbocycles. The second-order valence-corrected chi connectivity index (χ2v) is 12.9. The van der Waals surface area contributed by atoms with Gasteiger partial charge in [-0.25, -0.2) is 0 Å². The van der Waals surface area contributed by atoms with E-state index in [0.29, 0.717) is 40.5 Å². The minimum absolute atomic E-state index is 0.0292. The molecule has 4 aliphatic rings. The lowest BCUT2D eigenvalue weighted by Crippen LogP contribution is -2.58. The Bertz CT molecular complexity index is 1360. The van der Waals surface area contributed by atoms with E-state index in [4.69, 9.17) is 27.9 Å². The molecule has 3 fully saturated rings. The number of halogens is 2. The molecule has 1 saturated carbocycles. The van der Waals surface area contributed by atoms with Gasteiger partial charge in [0.2, 0.25) is 17.7 Å². The fourth-order valence-electron chi connectivity index (χ4n) is 7.21. The first-order valence-corrected chi connectivity index (χ1v) is 15.2. The van der Waals surface area contributed by atoms with Crippen molar-refractivity contribution in [3.8, 4) is 0 Å². The van der Waals surface area contributed by atoms with Crippen molar-refractivity contribution >= 4 is 46.6 Å². The molecule has 9 heteroatoms. The molecule has 41 heavy (non-hydrogen) atoms. The first kappa shape index (κ1) is 28.3. The summed E-state index contributed by atoms with van der Waals surface area (Å²) >= 11 is 12.1. The number of ether oxygens (including phenoxy) is 1. The van der Waals surface area contributed by atoms with Crippen molar-refractivity contribution in [2.75, 3.05) is 11.9 Å². The number of anilines is 1. The van der Waals surface area contributed by atoms with Crippen LogP contribution in [0.2, 0.25) is 10.0 Å². The zero-order valence-electron chi connectivity index (χ0n) is 23.2. The molecule has 1 spiro atoms. The molecule has 1 aliphatic carbocycles. The molecule has 8 atom stereocenters. The standard InChI is InChI=1S/C32H35Cl2N3O4/c1-18-4-3-5-24(19(18)2)36-30(39)28-32-16-14-25(41-32)26(29(38)35-23-12-10-22(34)11-13-23)27(32)31(40)37(28)17-15-20-6-8-21(33)9-7-20/h6-14,16,18-19,24-28H,3-5,15,17H2,1-2H3,(H,35,38)(H,36,39)/t18-,19-,24+,25+,26-,27+,28+,32+/m1/s1. The number of hydrogen-bond acceptors (Lipinski definition) is 4. The summed E-state index contributed by atoms with van der Waals surface area (Å²) in [5.74, 6) is -1.48. The van der Waals surface area contributed by atoms with E-state index in [9.17, 15) is 14.4 Å². The third kappa shape index (κ3) is 5.06. The fourth-order valence-corrected chi connectivity index (χ4v) is 7.47. The van der Waals surface area contributed by atoms with E-state index in [1.807, 2.05) is 36.4 Å². The van der Waals surface area contributed by atoms with Crippen LogP contribution in [0.5, 0.6) is 0 Å². The first-order valence-electron chi connectivity index (χ1n) is 14.5. The molecular formula is C32H35Cl2N3O4. The average Bonchev–Trinajstić information content (AvgIpc) is 3.59. The molecule has 3 aliphatic heterocycles. The van der Waals surface area contributed by atoms with E-state index in [1.165, 1.54) is 0 Å². The normalized spacial score (nSPS) is 33.6. The molecule has 3 amide bonds. The van der Waals surface area contributed by atoms with Gasteiger partial charge in [-0.15, -0.1) is 0 Å². The second kappa shape index (κ2) is 11.1. The first-order chi connectivity index (χ1) is 19.7. The Balaban J connectivity index is 1.29. The van der Waals surface area contributed by atoms with Crippen molar-refractivity contribution in [1.82, 2.24) is 10.2 Å². The number of nitrogens with one attached hydrogen (secondary N) is 2. The van der Waals surface area contributed by atoms with Crippen molar-refractivity contribution in [2.24, 2.45) is 23.7 Å². The maximum Gasteiger partial charge on any atom is 0.246 e. The van der Waals surface area contributed by atoms with Gasteiger partial charge in [-0.05, 0) is 66.6 Å². The molecule has 2 aromatic rings. The monoisotopic (exact) mass is 595 g/mol. The third-order valence-corrected chi connectivity index (χ3v) is 10.1. The quantitative estimate of drug-likeness (QED) is 0.427. The fraction of sp³-hybridized carbons (Fsp3) is 0.469. The van der Waals surface area contributed by atoms with Gasteiger partial charge in [-0.1, -0.05) is 74.2 Å². The van der Waals surface area contributed by atoms with E-state index in [2.05, 4.69) is 24.5 Å². The molecule has 6 rings (SSSR count). The predicted octanol–water partition coefficient (Wildman–Crippen LogP) is 5.27. The van der Waals surface area contributed by atoms with E-state index < -0.39 is 29.6 Å². The van der Waals surface area contributed by atoms with Crippen LogP contribution in [0, 0.1) is 23.7 Å². The molecule has 0 aromatic heterocycles. The van der Waals surface area contributed by atoms with Crippen LogP contribution in [0.4, 0.5) is 5.69 Å². The minimum Gasteiger partial charge on any atom is -0.359 e. The molecule has 3 heterocycles. The van der Waals surface area contributed by atoms with Gasteiger partial charge in [0.15, 0.2) is 0 Å². The average molecular weight is 597 g/mol. The lowest BCUT2D eigenvalue weighted by molar-refractivity contribution is -0.141. The van der Waals surface area contributed by atoms with Crippen LogP contribution in [-0.2, 0) is 25.5 Å². The predicted molar refractivity (Wildman–Crippen MR) is 159 cm³/mol. The van der Waals surface area contributed by atoms with Crippen LogP contribution in [-0.4, -0.2) is 53.0 Å². The lowest BCUT2D eigenvalue weighted by Gasteiger charge is -2.38. The summed E-state index contributed by atoms with van der Waals surface area (Å²) < 4.78 is 6.48. The number of fused-ring (bicyclic) bond motifs is 1. The van der Waals surface area contributed by atoms with Crippen LogP contribution in [0.1, 0.15) is 38.7 Å². The zero-order valence-corrected chi connectivity index (χ0v) is 24.7. The van der Waals surface area contributed by atoms with Crippen LogP contribution in [0.25, 0.3) is 0 Å². The molecular weight excluding hydrogens is 561 g/mol. The van der Waals surface area contributed by atoms with Crippen molar-refractivity contribution in [3.05, 3.63) is 76.3 Å². The van der Waals surface area contributed by atoms with Gasteiger partial charge in [-0.3, -0.25) is 14.4 Å². The number of rotatable bonds is 7. The minimum atomic E-state index is -1.20. The van der Waals surface area contributed by atoms with Crippen molar-refractivity contribution in [2.45, 2.75) is 63.3 Å². The number of hydrogen-bond donors (Lipinski definition) is 2. The Hall–Kier alpha value is -2.87. The van der Waals surface area contributed by atoms with Gasteiger partial charge < -0.3 is 20.3 Å². The Labute approximate surface area is 250 Å². The topological polar surface area (TPSA) is 87.7 Å². The molecule has 2 bridgehead atoms. The zero-order chi connectivity index (χ0) is 28.9. The molecule has 216 valence electrons. The Morgan fingerprint density at radius 2 is 1.68 bits per heavy atom. The highest BCUT2D eigenvalue weighted by molar-refractivity contribution is 6.30. The summed E-state index contributed by atoms with van der Waals surface area (Å²) in [6.45, 7) is 4.73. The molecule has 2 saturated heterocycles. The number of carbonyl (C=O) groups excluding carboxylic acids is 3. The maximum absolute atomic E-state index is 14.2. The summed E-state index contributed by atoms with van der Waals surface area (Å²) in [7, 11) is 0. The van der Waals surface area contributed by atoms with Crippen LogP contribution in [0.3, 0.4) is 0 Å². The Morgan fingerprint density at radius 3 is 2.39 bits per heavy atom. The van der Waals surface area contributed by atoms with E-state index in [0.717, 1.165) is 24.8 Å². The van der Waals surface area contributed by atoms with Crippen LogP contribution >= 0.6 is 23.2 Å². The van der Waals surface area contributed by atoms with E-state index in [-0.39, 0.29) is 23.8 Å². The van der Waals surface area contributed by atoms with Gasteiger partial charge in [0.05, 0.1) is 17.9 Å². The van der Waals surface area contributed by atoms with Gasteiger partial charge in [0.25, 0.3) is 0 Å². The maximum atomic E-state index is 14.2. The number of carbonyl (C=O) groups is 3. The van der Waals surface area contributed by atoms with Crippen LogP contribution < -0.4 is 10.6 Å². The highest BCUT2D eigenvalue weighted by atomic mass is 35.5. The number of nitrogens with zero attached hydrogens (tertiary/aromatic N) is 1. The second-order valence-electron chi connectivity index (χ2n) is 12.0. The van der Waals surface area contributed by atoms with Crippen LogP contribution in [0.15, 0.2) is 60.7 Å². The number of likely N-dealkylation sites (tertiary alicyclic amines) is 1. The van der Waals surface area contributed by atoms with E-state index in [1.54, 1.807) is 29.2 Å². The van der Waals surface area contributed by atoms with Crippen molar-refractivity contribution in [3.63, 3.8) is 0 Å². The largest absolute Gasteiger partial charge is 0.359 e. The van der Waals surface area contributed by atoms with E-state index >= 15 is 0 Å². The number of amides is 3. The summed E-state index contributed by atoms with van der Waals surface area (Å²) in [5, 5.41) is 7.43. The summed E-state index contributed by atoms with van der Waals surface area (Å²) in [6.07, 6.45) is 6.76. The Morgan fingerprint density at radius 1 is 1.00 bits per heavy atom. The van der Waals surface area contributed by atoms with Gasteiger partial charge in [-0.2, -0.15) is 0 Å². The summed E-state index contributed by atoms with van der Waals surface area (Å²) in [4.78, 5) is 43.6. The highest BCUT2D eigenvalue weighted by Crippen LogP contribution is 2.55. The highest BCUT2D eigenvalue weighted by Gasteiger charge is 2.72. The van der Waals surface area contributed by atoms with Gasteiger partial charge in [0.1, 0.15) is 11.6 Å². The lowest BCUT2D eigenvalue weighted by atomic mass is 9.73. The molecule has 7 nitrogen and oxygen atoms in total. The summed E-state index contributed by atoms with van der Waals surface area (Å²) in [5.41, 5.74) is 0.389. The molecule has 0 unspecified atom stereocenters.